The summed E-state index contributed by atoms with van der Waals surface area (Å²) in [5.74, 6) is -7.07. The minimum atomic E-state index is -5.24. The van der Waals surface area contributed by atoms with Gasteiger partial charge in [0.1, 0.15) is 54.9 Å². The maximum atomic E-state index is 14.0. The second-order valence-corrected chi connectivity index (χ2v) is 41.1. The van der Waals surface area contributed by atoms with Crippen molar-refractivity contribution >= 4 is 123 Å². The number of amides is 6. The van der Waals surface area contributed by atoms with Gasteiger partial charge in [0.05, 0.1) is 30.2 Å². The van der Waals surface area contributed by atoms with Crippen LogP contribution in [-0.4, -0.2) is 169 Å². The lowest BCUT2D eigenvalue weighted by atomic mass is 9.83. The van der Waals surface area contributed by atoms with Crippen molar-refractivity contribution in [3.63, 3.8) is 0 Å². The molecule has 34 heteroatoms. The fraction of sp³-hybridized carbons (Fsp3) is 0.490. The van der Waals surface area contributed by atoms with Gasteiger partial charge in [0.2, 0.25) is 17.7 Å². The Labute approximate surface area is 805 Å². The van der Waals surface area contributed by atoms with Crippen LogP contribution in [0, 0.1) is 74.0 Å². The smallest absolute Gasteiger partial charge is 0.274 e. The molecule has 3 heterocycles. The lowest BCUT2D eigenvalue weighted by Crippen LogP contribution is -2.51. The van der Waals surface area contributed by atoms with Crippen molar-refractivity contribution in [2.75, 3.05) is 0 Å². The molecule has 3 aromatic heterocycles. The number of carbonyl (C=O) groups excluding carboxylic acids is 12. The quantitative estimate of drug-likeness (QED) is 0.0130. The molecule has 0 spiro atoms. The number of aryl methyl sites for hydroxylation is 3. The number of nitrogens with zero attached hydrogens (tertiary/aromatic N) is 3. The second-order valence-electron chi connectivity index (χ2n) is 38.1. The molecular weight excluding hydrogens is 1810 g/mol. The van der Waals surface area contributed by atoms with Crippen molar-refractivity contribution < 1.29 is 107 Å². The van der Waals surface area contributed by atoms with E-state index in [1.807, 2.05) is 188 Å². The summed E-state index contributed by atoms with van der Waals surface area (Å²) < 4.78 is 86.1. The third-order valence-corrected chi connectivity index (χ3v) is 27.5. The number of ketones is 6. The van der Waals surface area contributed by atoms with Gasteiger partial charge in [-0.25, -0.2) is 16.8 Å². The normalized spacial score (nSPS) is 17.8. The Hall–Kier alpha value is -12.0. The van der Waals surface area contributed by atoms with Crippen molar-refractivity contribution in [1.29, 1.82) is 0 Å². The number of aliphatic hydroxyl groups excluding tert-OH is 2. The zero-order chi connectivity index (χ0) is 100. The van der Waals surface area contributed by atoms with E-state index in [0.29, 0.717) is 75.1 Å². The molecule has 3 aliphatic rings. The number of hydrogen-bond acceptors (Lipinski definition) is 26. The van der Waals surface area contributed by atoms with Gasteiger partial charge in [-0.1, -0.05) is 216 Å². The highest BCUT2D eigenvalue weighted by atomic mass is 32.2. The predicted octanol–water partition coefficient (Wildman–Crippen LogP) is 13.5. The molecule has 32 nitrogen and oxygen atoms in total. The maximum Gasteiger partial charge on any atom is 0.274 e. The largest absolute Gasteiger partial charge is 0.746 e. The first-order valence-corrected chi connectivity index (χ1v) is 50.6. The molecule has 9 aromatic rings. The van der Waals surface area contributed by atoms with Crippen molar-refractivity contribution in [3.8, 4) is 0 Å². The van der Waals surface area contributed by atoms with Crippen LogP contribution in [0.25, 0.3) is 32.3 Å². The third kappa shape index (κ3) is 32.1. The fourth-order valence-corrected chi connectivity index (χ4v) is 19.8. The van der Waals surface area contributed by atoms with Gasteiger partial charge < -0.3 is 64.8 Å². The average molecular weight is 1940 g/mol. The van der Waals surface area contributed by atoms with Crippen molar-refractivity contribution in [2.45, 2.75) is 270 Å². The molecule has 3 unspecified atom stereocenters. The highest BCUT2D eigenvalue weighted by Gasteiger charge is 2.41. The van der Waals surface area contributed by atoms with E-state index in [2.05, 4.69) is 47.4 Å². The molecule has 6 aromatic carbocycles. The molecule has 742 valence electrons. The highest BCUT2D eigenvalue weighted by Crippen LogP contribution is 2.34. The molecule has 0 aliphatic heterocycles. The van der Waals surface area contributed by atoms with Gasteiger partial charge in [0, 0.05) is 118 Å². The van der Waals surface area contributed by atoms with Gasteiger partial charge in [0.15, 0.2) is 45.3 Å². The van der Waals surface area contributed by atoms with Crippen molar-refractivity contribution in [2.24, 2.45) is 53.3 Å². The summed E-state index contributed by atoms with van der Waals surface area (Å²) in [4.78, 5) is 160. The maximum absolute atomic E-state index is 14.0. The van der Waals surface area contributed by atoms with Gasteiger partial charge in [-0.2, -0.15) is 0 Å². The summed E-state index contributed by atoms with van der Waals surface area (Å²) in [5, 5.41) is 54.5. The first-order valence-electron chi connectivity index (χ1n) is 47.7. The van der Waals surface area contributed by atoms with Gasteiger partial charge in [-0.15, -0.1) is 0 Å². The van der Waals surface area contributed by atoms with Crippen LogP contribution in [0.15, 0.2) is 171 Å². The van der Waals surface area contributed by atoms with Crippen LogP contribution in [0.1, 0.15) is 249 Å². The van der Waals surface area contributed by atoms with E-state index in [1.54, 1.807) is 20.8 Å². The Morgan fingerprint density at radius 2 is 0.688 bits per heavy atom. The van der Waals surface area contributed by atoms with Crippen LogP contribution in [0.3, 0.4) is 0 Å². The standard InChI is InChI=1S/C36H45N3O5.2C34H43N3O9S/c1-5-11-29(20-27-13-7-9-17-33(27)40)37-35(42)28(18-23(2)3)22-34(41)31(38-36(43)32-19-24(4)44-39-32)21-26-15-10-14-25-12-6-8-16-30(25)26;2*1-20(2)15-25(32(40)36-29(34(42)47(43,44)45)18-24-10-5-7-14-30(24)38)19-31(39)27(35-33(41)28-16-21(3)46-37-28)17-23-12-8-11-22-9-4-6-13-26(22)23/h5-6,8,10-12,14-16,19,23,27-29,31H,7,9,13,17-18,20-22H2,1-4H3,(H,37,42)(H,38,43);2*4,6,8-9,11-13,16,20,24-25,27,29,34,42H,5,7,10,14-15,17-19H2,1-3H3,(H,35,41)(H,36,40)(H,43,44,45)/p-2/b11-5+;;/t27-,28+,29?,31-;2*24-,25+,27-,29-,34?/m000/s1. The average Bonchev–Trinajstić information content (AvgIpc) is 0.995. The monoisotopic (exact) mass is 1940 g/mol. The third-order valence-electron chi connectivity index (χ3n) is 25.6. The molecule has 0 radical (unpaired) electrons. The first kappa shape index (κ1) is 108. The number of fused-ring (bicyclic) bond motifs is 3. The van der Waals surface area contributed by atoms with E-state index in [9.17, 15) is 93.7 Å². The molecule has 8 N–H and O–H groups in total. The molecule has 3 aliphatic carbocycles. The topological polar surface area (TPSA) is 510 Å². The second kappa shape index (κ2) is 51.1. The summed E-state index contributed by atoms with van der Waals surface area (Å²) in [5.41, 5.74) is -2.35. The first-order chi connectivity index (χ1) is 65.6. The number of Topliss-reactive ketones (excluding diaryl/α,β-unsaturated/α-hetero) is 6. The minimum Gasteiger partial charge on any atom is -0.746 e. The highest BCUT2D eigenvalue weighted by molar-refractivity contribution is 7.86. The summed E-state index contributed by atoms with van der Waals surface area (Å²) in [6.45, 7) is 18.3. The summed E-state index contributed by atoms with van der Waals surface area (Å²) in [6.07, 6.45) is 12.4. The SMILES string of the molecule is C/C=C/C(C[C@@H]1CCCCC1=O)NC(=O)[C@@H](CC(=O)[C@H](Cc1cccc2ccccc12)NC(=O)c1cc(C)on1)CC(C)C.Cc1cc(C(=O)N[C@@H](Cc2cccc3ccccc23)C(=O)C[C@@H](CC(C)C)C(=O)N[C@@H](C[C@@H]2CCCCC2=O)C(O)S(=O)(=O)[O-])no1.Cc1cc(C(=O)N[C@@H](Cc2cccc3ccccc23)C(=O)C[C@@H](CC(C)C)C(=O)N[C@@H](C[C@@H]2CCCCC2=O)C(O)S(=O)(=O)[O-])no1. The summed E-state index contributed by atoms with van der Waals surface area (Å²) >= 11 is 0. The molecule has 138 heavy (non-hydrogen) atoms. The van der Waals surface area contributed by atoms with Gasteiger partial charge in [-0.3, -0.25) is 57.5 Å². The predicted molar refractivity (Wildman–Crippen MR) is 515 cm³/mol. The Morgan fingerprint density at radius 3 is 0.957 bits per heavy atom. The Morgan fingerprint density at radius 1 is 0.406 bits per heavy atom. The Bertz CT molecular complexity index is 5770. The zero-order valence-corrected chi connectivity index (χ0v) is 81.6. The Balaban J connectivity index is 0.000000214. The van der Waals surface area contributed by atoms with E-state index in [-0.39, 0.29) is 140 Å². The van der Waals surface area contributed by atoms with Gasteiger partial charge in [0.25, 0.3) is 17.7 Å². The van der Waals surface area contributed by atoms with Crippen LogP contribution in [0.2, 0.25) is 0 Å². The van der Waals surface area contributed by atoms with Crippen molar-refractivity contribution in [3.05, 3.63) is 209 Å². The molecule has 0 bridgehead atoms. The number of carbonyl (C=O) groups is 12. The molecule has 14 atom stereocenters. The number of hydrogen-bond donors (Lipinski definition) is 8. The molecule has 3 fully saturated rings. The van der Waals surface area contributed by atoms with Crippen molar-refractivity contribution in [1.82, 2.24) is 47.4 Å². The Kier molecular flexibility index (Phi) is 40.0. The van der Waals surface area contributed by atoms with E-state index >= 15 is 0 Å². The van der Waals surface area contributed by atoms with E-state index in [1.165, 1.54) is 18.2 Å². The van der Waals surface area contributed by atoms with Gasteiger partial charge >= 0.3 is 0 Å². The van der Waals surface area contributed by atoms with Crippen LogP contribution < -0.4 is 31.9 Å². The number of allylic oxidation sites excluding steroid dienone is 1. The van der Waals surface area contributed by atoms with Crippen LogP contribution in [0.4, 0.5) is 0 Å². The summed E-state index contributed by atoms with van der Waals surface area (Å²) in [6, 6.07) is 38.4. The minimum absolute atomic E-state index is 0.0115. The molecule has 3 saturated carbocycles. The lowest BCUT2D eigenvalue weighted by Gasteiger charge is -2.32. The van der Waals surface area contributed by atoms with Crippen LogP contribution in [-0.2, 0) is 82.6 Å². The van der Waals surface area contributed by atoms with E-state index in [4.69, 9.17) is 13.6 Å². The molecule has 12 rings (SSSR count). The van der Waals surface area contributed by atoms with E-state index in [0.717, 1.165) is 81.1 Å². The fourth-order valence-electron chi connectivity index (χ4n) is 18.7. The zero-order valence-electron chi connectivity index (χ0n) is 79.9. The van der Waals surface area contributed by atoms with Crippen LogP contribution in [0.5, 0.6) is 0 Å². The number of rotatable bonds is 44. The molecule has 0 saturated heterocycles. The number of nitrogens with one attached hydrogen (secondary N) is 6. The number of aromatic nitrogens is 3. The molecule has 6 amide bonds. The lowest BCUT2D eigenvalue weighted by molar-refractivity contribution is -0.132. The van der Waals surface area contributed by atoms with E-state index < -0.39 is 132 Å². The number of aliphatic hydroxyl groups is 2. The molecular formula is C104H129N9O23S2-2. The summed E-state index contributed by atoms with van der Waals surface area (Å²) in [7, 11) is -10.5. The van der Waals surface area contributed by atoms with Crippen LogP contribution >= 0.6 is 0 Å². The van der Waals surface area contributed by atoms with Gasteiger partial charge in [-0.05, 0) is 172 Å². The number of benzene rings is 6.